The fraction of sp³-hybridized carbons (Fsp3) is 0.400. The number of hydrogen-bond acceptors (Lipinski definition) is 4. The zero-order chi connectivity index (χ0) is 17.8. The number of rotatable bonds is 4. The summed E-state index contributed by atoms with van der Waals surface area (Å²) in [7, 11) is 1.75. The molecule has 1 fully saturated rings. The van der Waals surface area contributed by atoms with Crippen molar-refractivity contribution >= 4 is 15.9 Å². The number of hydrogen-bond donors (Lipinski definition) is 1. The third kappa shape index (κ3) is 4.02. The monoisotopic (exact) mass is 400 g/mol. The lowest BCUT2D eigenvalue weighted by atomic mass is 9.80. The van der Waals surface area contributed by atoms with E-state index in [2.05, 4.69) is 22.0 Å². The van der Waals surface area contributed by atoms with E-state index in [1.807, 2.05) is 24.3 Å². The Bertz CT molecular complexity index is 776. The summed E-state index contributed by atoms with van der Waals surface area (Å²) in [6, 6.07) is 11.4. The van der Waals surface area contributed by atoms with Crippen LogP contribution in [-0.2, 0) is 4.74 Å². The van der Waals surface area contributed by atoms with Gasteiger partial charge in [-0.05, 0) is 43.7 Å². The highest BCUT2D eigenvalue weighted by Gasteiger charge is 2.25. The molecule has 0 bridgehead atoms. The first-order chi connectivity index (χ1) is 12.1. The number of ether oxygens (including phenoxy) is 1. The van der Waals surface area contributed by atoms with Crippen LogP contribution in [0.5, 0.6) is 5.75 Å². The van der Waals surface area contributed by atoms with Crippen LogP contribution in [0, 0.1) is 17.2 Å². The third-order valence-corrected chi connectivity index (χ3v) is 5.44. The van der Waals surface area contributed by atoms with Crippen molar-refractivity contribution in [3.63, 3.8) is 0 Å². The molecule has 4 nitrogen and oxygen atoms in total. The summed E-state index contributed by atoms with van der Waals surface area (Å²) >= 11 is 3.42. The van der Waals surface area contributed by atoms with E-state index in [-0.39, 0.29) is 11.3 Å². The molecule has 1 saturated carbocycles. The predicted octanol–water partition coefficient (Wildman–Crippen LogP) is 5.01. The standard InChI is InChI=1S/C20H21BrN2O2/c1-25-12-13-2-4-14(5-3-13)18-10-19(24)17(11-22)20(23-18)15-6-8-16(21)9-7-15/h6-10,13-14H,2-5,12H2,1H3,(H,23,24). The summed E-state index contributed by atoms with van der Waals surface area (Å²) in [6.45, 7) is 0.808. The molecule has 0 spiro atoms. The van der Waals surface area contributed by atoms with Crippen LogP contribution >= 0.6 is 15.9 Å². The van der Waals surface area contributed by atoms with Gasteiger partial charge < -0.3 is 9.84 Å². The van der Waals surface area contributed by atoms with E-state index in [1.54, 1.807) is 13.2 Å². The van der Waals surface area contributed by atoms with Gasteiger partial charge in [-0.25, -0.2) is 0 Å². The summed E-state index contributed by atoms with van der Waals surface area (Å²) in [5, 5.41) is 19.8. The summed E-state index contributed by atoms with van der Waals surface area (Å²) in [4.78, 5) is 4.77. The molecule has 1 aromatic heterocycles. The van der Waals surface area contributed by atoms with Gasteiger partial charge >= 0.3 is 0 Å². The van der Waals surface area contributed by atoms with Crippen molar-refractivity contribution < 1.29 is 9.84 Å². The summed E-state index contributed by atoms with van der Waals surface area (Å²) in [5.41, 5.74) is 2.51. The van der Waals surface area contributed by atoms with Gasteiger partial charge in [-0.2, -0.15) is 5.26 Å². The molecule has 1 aliphatic carbocycles. The van der Waals surface area contributed by atoms with Crippen LogP contribution in [0.4, 0.5) is 0 Å². The van der Waals surface area contributed by atoms with Crippen molar-refractivity contribution in [2.24, 2.45) is 5.92 Å². The molecule has 0 radical (unpaired) electrons. The lowest BCUT2D eigenvalue weighted by Crippen LogP contribution is -2.18. The van der Waals surface area contributed by atoms with Crippen LogP contribution in [0.2, 0.25) is 0 Å². The summed E-state index contributed by atoms with van der Waals surface area (Å²) < 4.78 is 6.23. The van der Waals surface area contributed by atoms with Crippen LogP contribution in [0.15, 0.2) is 34.8 Å². The van der Waals surface area contributed by atoms with Gasteiger partial charge in [0.1, 0.15) is 17.4 Å². The molecule has 2 aromatic rings. The van der Waals surface area contributed by atoms with Crippen LogP contribution in [0.1, 0.15) is 42.9 Å². The normalized spacial score (nSPS) is 20.2. The first-order valence-electron chi connectivity index (χ1n) is 8.51. The van der Waals surface area contributed by atoms with Crippen LogP contribution < -0.4 is 0 Å². The SMILES string of the molecule is COCC1CCC(c2cc(O)c(C#N)c(-c3ccc(Br)cc3)n2)CC1. The van der Waals surface area contributed by atoms with Crippen molar-refractivity contribution in [1.29, 1.82) is 5.26 Å². The van der Waals surface area contributed by atoms with Gasteiger partial charge in [0.05, 0.1) is 5.69 Å². The molecule has 25 heavy (non-hydrogen) atoms. The molecule has 1 aliphatic rings. The quantitative estimate of drug-likeness (QED) is 0.782. The first-order valence-corrected chi connectivity index (χ1v) is 9.30. The smallest absolute Gasteiger partial charge is 0.137 e. The van der Waals surface area contributed by atoms with Crippen molar-refractivity contribution in [2.75, 3.05) is 13.7 Å². The fourth-order valence-corrected chi connectivity index (χ4v) is 3.81. The maximum atomic E-state index is 10.4. The molecule has 0 aliphatic heterocycles. The Hall–Kier alpha value is -1.90. The van der Waals surface area contributed by atoms with Gasteiger partial charge in [-0.15, -0.1) is 0 Å². The molecule has 5 heteroatoms. The second-order valence-corrected chi connectivity index (χ2v) is 7.50. The summed E-state index contributed by atoms with van der Waals surface area (Å²) in [5.74, 6) is 0.949. The van der Waals surface area contributed by atoms with E-state index in [0.717, 1.165) is 48.0 Å². The Morgan fingerprint density at radius 2 is 1.92 bits per heavy atom. The highest BCUT2D eigenvalue weighted by molar-refractivity contribution is 9.10. The minimum Gasteiger partial charge on any atom is -0.506 e. The lowest BCUT2D eigenvalue weighted by molar-refractivity contribution is 0.127. The van der Waals surface area contributed by atoms with Crippen LogP contribution in [-0.4, -0.2) is 23.8 Å². The minimum atomic E-state index is 0.0180. The van der Waals surface area contributed by atoms with Crippen molar-refractivity contribution in [1.82, 2.24) is 4.98 Å². The average Bonchev–Trinajstić information content (AvgIpc) is 2.62. The fourth-order valence-electron chi connectivity index (χ4n) is 3.55. The van der Waals surface area contributed by atoms with Gasteiger partial charge in [0.2, 0.25) is 0 Å². The van der Waals surface area contributed by atoms with E-state index in [1.165, 1.54) is 0 Å². The predicted molar refractivity (Wildman–Crippen MR) is 100 cm³/mol. The molecule has 0 atom stereocenters. The second kappa shape index (κ2) is 7.99. The number of nitriles is 1. The lowest BCUT2D eigenvalue weighted by Gasteiger charge is -2.28. The van der Waals surface area contributed by atoms with Crippen molar-refractivity contribution in [3.8, 4) is 23.1 Å². The van der Waals surface area contributed by atoms with Gasteiger partial charge in [-0.1, -0.05) is 28.1 Å². The Balaban J connectivity index is 1.92. The van der Waals surface area contributed by atoms with Gasteiger partial charge in [0.15, 0.2) is 0 Å². The number of aromatic hydroxyl groups is 1. The molecule has 1 heterocycles. The largest absolute Gasteiger partial charge is 0.506 e. The first kappa shape index (κ1) is 17.9. The highest BCUT2D eigenvalue weighted by Crippen LogP contribution is 2.38. The molecule has 0 amide bonds. The van der Waals surface area contributed by atoms with E-state index in [4.69, 9.17) is 9.72 Å². The number of benzene rings is 1. The van der Waals surface area contributed by atoms with Gasteiger partial charge in [0, 0.05) is 41.4 Å². The molecule has 0 unspecified atom stereocenters. The number of aromatic nitrogens is 1. The number of pyridine rings is 1. The zero-order valence-corrected chi connectivity index (χ0v) is 15.8. The van der Waals surface area contributed by atoms with Crippen molar-refractivity contribution in [2.45, 2.75) is 31.6 Å². The highest BCUT2D eigenvalue weighted by atomic mass is 79.9. The second-order valence-electron chi connectivity index (χ2n) is 6.58. The molecular formula is C20H21BrN2O2. The Labute approximate surface area is 156 Å². The molecule has 0 saturated heterocycles. The topological polar surface area (TPSA) is 66.1 Å². The minimum absolute atomic E-state index is 0.0180. The van der Waals surface area contributed by atoms with E-state index in [9.17, 15) is 10.4 Å². The van der Waals surface area contributed by atoms with Gasteiger partial charge in [0.25, 0.3) is 0 Å². The average molecular weight is 401 g/mol. The van der Waals surface area contributed by atoms with Gasteiger partial charge in [-0.3, -0.25) is 4.98 Å². The van der Waals surface area contributed by atoms with Crippen LogP contribution in [0.25, 0.3) is 11.3 Å². The van der Waals surface area contributed by atoms with E-state index < -0.39 is 0 Å². The molecule has 130 valence electrons. The van der Waals surface area contributed by atoms with E-state index >= 15 is 0 Å². The number of methoxy groups -OCH3 is 1. The zero-order valence-electron chi connectivity index (χ0n) is 14.2. The number of halogens is 1. The Morgan fingerprint density at radius 3 is 2.52 bits per heavy atom. The Morgan fingerprint density at radius 1 is 1.24 bits per heavy atom. The molecular weight excluding hydrogens is 380 g/mol. The third-order valence-electron chi connectivity index (χ3n) is 4.92. The van der Waals surface area contributed by atoms with Crippen molar-refractivity contribution in [3.05, 3.63) is 46.1 Å². The summed E-state index contributed by atoms with van der Waals surface area (Å²) in [6.07, 6.45) is 4.28. The van der Waals surface area contributed by atoms with E-state index in [0.29, 0.717) is 17.5 Å². The molecule has 1 N–H and O–H groups in total. The maximum absolute atomic E-state index is 10.4. The molecule has 1 aromatic carbocycles. The Kier molecular flexibility index (Phi) is 5.72. The maximum Gasteiger partial charge on any atom is 0.137 e. The number of nitrogens with zero attached hydrogens (tertiary/aromatic N) is 2. The van der Waals surface area contributed by atoms with Crippen LogP contribution in [0.3, 0.4) is 0 Å². The molecule has 3 rings (SSSR count).